The molecule has 10 heteroatoms. The van der Waals surface area contributed by atoms with Crippen LogP contribution in [0.1, 0.15) is 25.0 Å². The quantitative estimate of drug-likeness (QED) is 0.152. The summed E-state index contributed by atoms with van der Waals surface area (Å²) in [5.74, 6) is 1.50. The number of nitrogens with one attached hydrogen (secondary N) is 1. The molecule has 2 heterocycles. The Bertz CT molecular complexity index is 1600. The van der Waals surface area contributed by atoms with Gasteiger partial charge in [0, 0.05) is 22.5 Å². The van der Waals surface area contributed by atoms with Gasteiger partial charge in [-0.2, -0.15) is 10.1 Å². The molecule has 0 aliphatic rings. The van der Waals surface area contributed by atoms with Crippen molar-refractivity contribution in [2.75, 3.05) is 12.0 Å². The summed E-state index contributed by atoms with van der Waals surface area (Å²) in [5, 5.41) is 14.6. The van der Waals surface area contributed by atoms with E-state index in [-0.39, 0.29) is 0 Å². The van der Waals surface area contributed by atoms with Crippen molar-refractivity contribution in [1.29, 1.82) is 0 Å². The Hall–Kier alpha value is -3.69. The number of hydrogen-bond donors (Lipinski definition) is 1. The largest absolute Gasteiger partial charge is 0.490 e. The number of para-hydroxylation sites is 1. The topological polar surface area (TPSA) is 86.5 Å². The van der Waals surface area contributed by atoms with Gasteiger partial charge in [0.25, 0.3) is 5.95 Å². The SMILES string of the molecule is CCOc1cc(/C=N/Nc2nnc3c4ccccc4n(CC)c3n2)cc(Br)c1OCc1ccccc1Cl. The lowest BCUT2D eigenvalue weighted by atomic mass is 10.2. The Balaban J connectivity index is 1.36. The molecule has 0 amide bonds. The van der Waals surface area contributed by atoms with Gasteiger partial charge in [-0.25, -0.2) is 5.43 Å². The first-order chi connectivity index (χ1) is 18.1. The third-order valence-electron chi connectivity index (χ3n) is 5.73. The fraction of sp³-hybridized carbons (Fsp3) is 0.185. The molecule has 5 aromatic rings. The highest BCUT2D eigenvalue weighted by atomic mass is 79.9. The Morgan fingerprint density at radius 3 is 2.68 bits per heavy atom. The maximum absolute atomic E-state index is 6.27. The van der Waals surface area contributed by atoms with Gasteiger partial charge in [0.05, 0.1) is 22.8 Å². The molecule has 37 heavy (non-hydrogen) atoms. The second kappa shape index (κ2) is 11.1. The zero-order valence-corrected chi connectivity index (χ0v) is 22.6. The van der Waals surface area contributed by atoms with Crippen molar-refractivity contribution in [2.24, 2.45) is 5.10 Å². The summed E-state index contributed by atoms with van der Waals surface area (Å²) >= 11 is 9.87. The zero-order valence-electron chi connectivity index (χ0n) is 20.3. The van der Waals surface area contributed by atoms with Crippen LogP contribution in [0.25, 0.3) is 22.1 Å². The molecule has 1 N–H and O–H groups in total. The van der Waals surface area contributed by atoms with Crippen LogP contribution >= 0.6 is 27.5 Å². The second-order valence-electron chi connectivity index (χ2n) is 8.08. The number of anilines is 1. The van der Waals surface area contributed by atoms with E-state index in [1.54, 1.807) is 6.21 Å². The fourth-order valence-electron chi connectivity index (χ4n) is 4.07. The van der Waals surface area contributed by atoms with Crippen molar-refractivity contribution in [3.8, 4) is 11.5 Å². The van der Waals surface area contributed by atoms with E-state index in [2.05, 4.69) is 59.2 Å². The van der Waals surface area contributed by atoms with E-state index < -0.39 is 0 Å². The highest BCUT2D eigenvalue weighted by molar-refractivity contribution is 9.10. The van der Waals surface area contributed by atoms with Crippen LogP contribution < -0.4 is 14.9 Å². The molecule has 0 aliphatic carbocycles. The number of halogens is 2. The summed E-state index contributed by atoms with van der Waals surface area (Å²) in [7, 11) is 0. The number of hydrogen-bond acceptors (Lipinski definition) is 7. The van der Waals surface area contributed by atoms with Gasteiger partial charge in [-0.3, -0.25) is 0 Å². The molecule has 0 saturated carbocycles. The van der Waals surface area contributed by atoms with Gasteiger partial charge in [0.15, 0.2) is 17.1 Å². The lowest BCUT2D eigenvalue weighted by molar-refractivity contribution is 0.267. The van der Waals surface area contributed by atoms with E-state index in [0.29, 0.717) is 35.7 Å². The Kier molecular flexibility index (Phi) is 7.52. The van der Waals surface area contributed by atoms with Crippen LogP contribution in [0.4, 0.5) is 5.95 Å². The van der Waals surface area contributed by atoms with E-state index >= 15 is 0 Å². The number of nitrogens with zero attached hydrogens (tertiary/aromatic N) is 5. The zero-order chi connectivity index (χ0) is 25.8. The predicted octanol–water partition coefficient (Wildman–Crippen LogP) is 6.84. The van der Waals surface area contributed by atoms with E-state index in [1.807, 2.05) is 61.5 Å². The summed E-state index contributed by atoms with van der Waals surface area (Å²) in [6.07, 6.45) is 1.66. The molecule has 5 rings (SSSR count). The normalized spacial score (nSPS) is 11.5. The molecular formula is C27H24BrClN6O2. The highest BCUT2D eigenvalue weighted by Crippen LogP contribution is 2.37. The fourth-order valence-corrected chi connectivity index (χ4v) is 4.83. The van der Waals surface area contributed by atoms with Crippen LogP contribution in [0.5, 0.6) is 11.5 Å². The molecule has 188 valence electrons. The van der Waals surface area contributed by atoms with Gasteiger partial charge in [0.2, 0.25) is 0 Å². The molecule has 0 unspecified atom stereocenters. The van der Waals surface area contributed by atoms with Gasteiger partial charge in [-0.1, -0.05) is 48.0 Å². The molecule has 0 spiro atoms. The smallest absolute Gasteiger partial charge is 0.265 e. The van der Waals surface area contributed by atoms with Crippen LogP contribution in [0.2, 0.25) is 5.02 Å². The summed E-state index contributed by atoms with van der Waals surface area (Å²) in [6, 6.07) is 19.4. The molecule has 8 nitrogen and oxygen atoms in total. The van der Waals surface area contributed by atoms with E-state index in [1.165, 1.54) is 0 Å². The molecule has 0 fully saturated rings. The summed E-state index contributed by atoms with van der Waals surface area (Å²) in [6.45, 7) is 5.57. The first-order valence-electron chi connectivity index (χ1n) is 11.8. The number of rotatable bonds is 9. The highest BCUT2D eigenvalue weighted by Gasteiger charge is 2.14. The van der Waals surface area contributed by atoms with Gasteiger partial charge >= 0.3 is 0 Å². The maximum atomic E-state index is 6.27. The van der Waals surface area contributed by atoms with Crippen LogP contribution in [0.3, 0.4) is 0 Å². The van der Waals surface area contributed by atoms with Crippen molar-refractivity contribution in [3.63, 3.8) is 0 Å². The van der Waals surface area contributed by atoms with Crippen molar-refractivity contribution < 1.29 is 9.47 Å². The molecule has 0 atom stereocenters. The minimum absolute atomic E-state index is 0.310. The molecule has 3 aromatic carbocycles. The summed E-state index contributed by atoms with van der Waals surface area (Å²) in [5.41, 5.74) is 7.18. The van der Waals surface area contributed by atoms with Crippen LogP contribution in [-0.2, 0) is 13.2 Å². The Labute approximate surface area is 227 Å². The van der Waals surface area contributed by atoms with Crippen molar-refractivity contribution >= 4 is 61.8 Å². The summed E-state index contributed by atoms with van der Waals surface area (Å²) < 4.78 is 14.7. The van der Waals surface area contributed by atoms with Crippen molar-refractivity contribution in [1.82, 2.24) is 19.7 Å². The first kappa shape index (κ1) is 25.0. The molecule has 2 aromatic heterocycles. The standard InChI is InChI=1S/C27H24BrClN6O2/c1-3-35-22-12-8-6-10-19(22)24-26(35)31-27(34-32-24)33-30-15-17-13-20(28)25(23(14-17)36-4-2)37-16-18-9-5-7-11-21(18)29/h5-15H,3-4,16H2,1-2H3,(H,31,33,34)/b30-15+. The Morgan fingerprint density at radius 2 is 1.86 bits per heavy atom. The first-order valence-corrected chi connectivity index (χ1v) is 13.0. The third-order valence-corrected chi connectivity index (χ3v) is 6.69. The van der Waals surface area contributed by atoms with Gasteiger partial charge in [-0.05, 0) is 59.6 Å². The number of ether oxygens (including phenoxy) is 2. The molecule has 0 aliphatic heterocycles. The molecular weight excluding hydrogens is 556 g/mol. The average Bonchev–Trinajstić information content (AvgIpc) is 3.22. The van der Waals surface area contributed by atoms with E-state index in [4.69, 9.17) is 21.1 Å². The Morgan fingerprint density at radius 1 is 1.05 bits per heavy atom. The maximum Gasteiger partial charge on any atom is 0.265 e. The van der Waals surface area contributed by atoms with Gasteiger partial charge in [-0.15, -0.1) is 10.2 Å². The minimum Gasteiger partial charge on any atom is -0.490 e. The number of fused-ring (bicyclic) bond motifs is 3. The van der Waals surface area contributed by atoms with Crippen LogP contribution in [-0.4, -0.2) is 32.6 Å². The van der Waals surface area contributed by atoms with Crippen LogP contribution in [0, 0.1) is 0 Å². The number of aromatic nitrogens is 4. The molecule has 0 bridgehead atoms. The van der Waals surface area contributed by atoms with E-state index in [9.17, 15) is 0 Å². The van der Waals surface area contributed by atoms with E-state index in [0.717, 1.165) is 44.2 Å². The van der Waals surface area contributed by atoms with Crippen molar-refractivity contribution in [3.05, 3.63) is 81.3 Å². The second-order valence-corrected chi connectivity index (χ2v) is 9.34. The van der Waals surface area contributed by atoms with Gasteiger partial charge in [0.1, 0.15) is 12.1 Å². The van der Waals surface area contributed by atoms with Crippen molar-refractivity contribution in [2.45, 2.75) is 27.0 Å². The van der Waals surface area contributed by atoms with Gasteiger partial charge < -0.3 is 14.0 Å². The molecule has 0 radical (unpaired) electrons. The van der Waals surface area contributed by atoms with Crippen LogP contribution in [0.15, 0.2) is 70.2 Å². The minimum atomic E-state index is 0.310. The summed E-state index contributed by atoms with van der Waals surface area (Å²) in [4.78, 5) is 4.65. The number of benzene rings is 3. The third kappa shape index (κ3) is 5.23. The number of aryl methyl sites for hydroxylation is 1. The molecule has 0 saturated heterocycles. The monoisotopic (exact) mass is 578 g/mol. The average molecular weight is 580 g/mol. The lowest BCUT2D eigenvalue weighted by Crippen LogP contribution is -2.03. The number of hydrazone groups is 1. The predicted molar refractivity (Wildman–Crippen MR) is 151 cm³/mol. The lowest BCUT2D eigenvalue weighted by Gasteiger charge is -2.15.